The van der Waals surface area contributed by atoms with Gasteiger partial charge >= 0.3 is 19.8 Å². The maximum Gasteiger partial charge on any atom is 0.472 e. The third kappa shape index (κ3) is 42.4. The van der Waals surface area contributed by atoms with Crippen molar-refractivity contribution in [2.45, 2.75) is 225 Å². The van der Waals surface area contributed by atoms with Crippen molar-refractivity contribution in [1.29, 1.82) is 0 Å². The van der Waals surface area contributed by atoms with E-state index in [-0.39, 0.29) is 32.0 Å². The summed E-state index contributed by atoms with van der Waals surface area (Å²) in [6.07, 6.45) is 41.3. The Morgan fingerprint density at radius 1 is 0.536 bits per heavy atom. The van der Waals surface area contributed by atoms with E-state index in [2.05, 4.69) is 19.9 Å². The number of phosphoric acid groups is 1. The van der Waals surface area contributed by atoms with Crippen molar-refractivity contribution in [3.8, 4) is 0 Å². The van der Waals surface area contributed by atoms with E-state index < -0.39 is 26.5 Å². The lowest BCUT2D eigenvalue weighted by Gasteiger charge is -2.24. The number of quaternary nitrogens is 1. The molecule has 2 atom stereocenters. The van der Waals surface area contributed by atoms with Gasteiger partial charge in [-0.1, -0.05) is 193 Å². The summed E-state index contributed by atoms with van der Waals surface area (Å²) in [4.78, 5) is 35.4. The Morgan fingerprint density at radius 2 is 0.946 bits per heavy atom. The van der Waals surface area contributed by atoms with Crippen molar-refractivity contribution < 1.29 is 42.1 Å². The minimum atomic E-state index is -4.38. The molecule has 0 aliphatic heterocycles. The molecule has 56 heavy (non-hydrogen) atoms. The van der Waals surface area contributed by atoms with Crippen molar-refractivity contribution >= 4 is 19.8 Å². The van der Waals surface area contributed by atoms with E-state index in [1.54, 1.807) is 0 Å². The Bertz CT molecular complexity index is 969. The summed E-state index contributed by atoms with van der Waals surface area (Å²) in [5.41, 5.74) is 0. The standard InChI is InChI=1S/C46H90NO8P/c1-6-8-10-12-14-16-18-20-22-23-25-26-28-30-32-34-36-38-45(48)52-42-44(43-54-56(50,51)53-41-40-47(3,4)5)55-46(49)39-37-35-33-31-29-27-24-21-19-17-15-13-11-9-7-2/h33,35,44H,6-32,34,36-43H2,1-5H3/p+1/b35-33+/t44-/m1/s1. The molecule has 1 N–H and O–H groups in total. The van der Waals surface area contributed by atoms with Gasteiger partial charge in [0, 0.05) is 12.8 Å². The molecule has 0 aliphatic carbocycles. The number of nitrogens with zero attached hydrogens (tertiary/aromatic N) is 1. The van der Waals surface area contributed by atoms with Crippen molar-refractivity contribution in [2.24, 2.45) is 0 Å². The van der Waals surface area contributed by atoms with Crippen LogP contribution in [0.4, 0.5) is 0 Å². The Morgan fingerprint density at radius 3 is 1.39 bits per heavy atom. The molecule has 332 valence electrons. The highest BCUT2D eigenvalue weighted by Crippen LogP contribution is 2.43. The number of phosphoric ester groups is 1. The Kier molecular flexibility index (Phi) is 38.3. The summed E-state index contributed by atoms with van der Waals surface area (Å²) in [5.74, 6) is -0.843. The zero-order valence-electron chi connectivity index (χ0n) is 37.4. The number of likely N-dealkylation sites (N-methyl/N-ethyl adjacent to an activating group) is 1. The number of rotatable bonds is 43. The molecule has 0 heterocycles. The molecule has 0 aliphatic rings. The number of esters is 2. The minimum absolute atomic E-state index is 0.0294. The molecule has 0 bridgehead atoms. The second kappa shape index (κ2) is 39.2. The minimum Gasteiger partial charge on any atom is -0.462 e. The third-order valence-electron chi connectivity index (χ3n) is 10.3. The smallest absolute Gasteiger partial charge is 0.462 e. The molecule has 0 saturated carbocycles. The van der Waals surface area contributed by atoms with Gasteiger partial charge in [0.1, 0.15) is 19.8 Å². The average molecular weight is 817 g/mol. The van der Waals surface area contributed by atoms with E-state index in [1.165, 1.54) is 154 Å². The fourth-order valence-electron chi connectivity index (χ4n) is 6.62. The van der Waals surface area contributed by atoms with Crippen molar-refractivity contribution in [2.75, 3.05) is 47.5 Å². The van der Waals surface area contributed by atoms with Gasteiger partial charge in [-0.05, 0) is 25.7 Å². The van der Waals surface area contributed by atoms with Crippen LogP contribution in [0.25, 0.3) is 0 Å². The highest BCUT2D eigenvalue weighted by molar-refractivity contribution is 7.47. The number of unbranched alkanes of at least 4 members (excludes halogenated alkanes) is 27. The van der Waals surface area contributed by atoms with Crippen LogP contribution in [-0.2, 0) is 32.7 Å². The molecule has 0 aromatic rings. The van der Waals surface area contributed by atoms with E-state index in [1.807, 2.05) is 27.2 Å². The van der Waals surface area contributed by atoms with Gasteiger partial charge in [0.2, 0.25) is 0 Å². The van der Waals surface area contributed by atoms with Crippen molar-refractivity contribution in [3.63, 3.8) is 0 Å². The van der Waals surface area contributed by atoms with E-state index in [9.17, 15) is 19.0 Å². The highest BCUT2D eigenvalue weighted by Gasteiger charge is 2.27. The normalized spacial score (nSPS) is 13.6. The molecule has 0 aromatic carbocycles. The zero-order valence-corrected chi connectivity index (χ0v) is 38.3. The number of hydrogen-bond acceptors (Lipinski definition) is 7. The van der Waals surface area contributed by atoms with Crippen LogP contribution in [0.2, 0.25) is 0 Å². The number of carbonyl (C=O) groups is 2. The third-order valence-corrected chi connectivity index (χ3v) is 11.3. The van der Waals surface area contributed by atoms with Gasteiger partial charge in [-0.25, -0.2) is 4.57 Å². The highest BCUT2D eigenvalue weighted by atomic mass is 31.2. The predicted molar refractivity (Wildman–Crippen MR) is 234 cm³/mol. The molecule has 0 saturated heterocycles. The number of ether oxygens (including phenoxy) is 2. The summed E-state index contributed by atoms with van der Waals surface area (Å²) >= 11 is 0. The molecule has 10 heteroatoms. The van der Waals surface area contributed by atoms with E-state index in [0.717, 1.165) is 32.1 Å². The molecule has 0 rings (SSSR count). The van der Waals surface area contributed by atoms with Gasteiger partial charge in [-0.15, -0.1) is 0 Å². The first-order valence-electron chi connectivity index (χ1n) is 23.4. The summed E-state index contributed by atoms with van der Waals surface area (Å²) in [5, 5.41) is 0. The lowest BCUT2D eigenvalue weighted by Crippen LogP contribution is -2.37. The molecule has 1 unspecified atom stereocenters. The van der Waals surface area contributed by atoms with E-state index in [4.69, 9.17) is 18.5 Å². The first-order valence-corrected chi connectivity index (χ1v) is 24.9. The van der Waals surface area contributed by atoms with Crippen LogP contribution in [0.15, 0.2) is 12.2 Å². The van der Waals surface area contributed by atoms with E-state index >= 15 is 0 Å². The van der Waals surface area contributed by atoms with Gasteiger partial charge in [0.25, 0.3) is 0 Å². The first-order chi connectivity index (χ1) is 27.0. The number of allylic oxidation sites excluding steroid dienone is 2. The number of carbonyl (C=O) groups excluding carboxylic acids is 2. The molecule has 9 nitrogen and oxygen atoms in total. The SMILES string of the molecule is CCCCCCCCCCCCC/C=C/CCC(=O)O[C@H](COC(=O)CCCCCCCCCCCCCCCCCCC)COP(=O)(O)OCC[N+](C)(C)C. The molecule has 0 radical (unpaired) electrons. The fraction of sp³-hybridized carbons (Fsp3) is 0.913. The molecular weight excluding hydrogens is 725 g/mol. The monoisotopic (exact) mass is 817 g/mol. The maximum absolute atomic E-state index is 12.7. The second-order valence-electron chi connectivity index (χ2n) is 17.1. The quantitative estimate of drug-likeness (QED) is 0.0213. The Labute approximate surface area is 346 Å². The van der Waals surface area contributed by atoms with E-state index in [0.29, 0.717) is 17.4 Å². The molecule has 0 fully saturated rings. The van der Waals surface area contributed by atoms with Gasteiger partial charge in [-0.2, -0.15) is 0 Å². The summed E-state index contributed by atoms with van der Waals surface area (Å²) in [6, 6.07) is 0. The predicted octanol–water partition coefficient (Wildman–Crippen LogP) is 13.4. The van der Waals surface area contributed by atoms with Gasteiger partial charge in [-0.3, -0.25) is 18.6 Å². The van der Waals surface area contributed by atoms with Crippen LogP contribution in [0.5, 0.6) is 0 Å². The topological polar surface area (TPSA) is 108 Å². The summed E-state index contributed by atoms with van der Waals surface area (Å²) in [7, 11) is 1.47. The lowest BCUT2D eigenvalue weighted by molar-refractivity contribution is -0.870. The Balaban J connectivity index is 4.32. The molecule has 0 aromatic heterocycles. The second-order valence-corrected chi connectivity index (χ2v) is 18.6. The van der Waals surface area contributed by atoms with Gasteiger partial charge in [0.15, 0.2) is 6.10 Å². The van der Waals surface area contributed by atoms with Crippen LogP contribution in [0.3, 0.4) is 0 Å². The van der Waals surface area contributed by atoms with Gasteiger partial charge in [0.05, 0.1) is 27.7 Å². The zero-order chi connectivity index (χ0) is 41.4. The maximum atomic E-state index is 12.7. The Hall–Kier alpha value is -1.25. The number of hydrogen-bond donors (Lipinski definition) is 1. The fourth-order valence-corrected chi connectivity index (χ4v) is 7.36. The average Bonchev–Trinajstić information content (AvgIpc) is 3.15. The summed E-state index contributed by atoms with van der Waals surface area (Å²) < 4.78 is 34.3. The van der Waals surface area contributed by atoms with Crippen LogP contribution < -0.4 is 0 Å². The van der Waals surface area contributed by atoms with Crippen LogP contribution in [0.1, 0.15) is 219 Å². The molecular formula is C46H91NO8P+. The van der Waals surface area contributed by atoms with Gasteiger partial charge < -0.3 is 18.9 Å². The first kappa shape index (κ1) is 54.8. The van der Waals surface area contributed by atoms with Crippen LogP contribution in [0, 0.1) is 0 Å². The summed E-state index contributed by atoms with van der Waals surface area (Å²) in [6.45, 7) is 4.42. The van der Waals surface area contributed by atoms with Crippen molar-refractivity contribution in [1.82, 2.24) is 0 Å². The molecule has 0 spiro atoms. The van der Waals surface area contributed by atoms with Crippen LogP contribution in [-0.4, -0.2) is 74.9 Å². The van der Waals surface area contributed by atoms with Crippen LogP contribution >= 0.6 is 7.82 Å². The largest absolute Gasteiger partial charge is 0.472 e. The lowest BCUT2D eigenvalue weighted by atomic mass is 10.0. The van der Waals surface area contributed by atoms with Crippen molar-refractivity contribution in [3.05, 3.63) is 12.2 Å². The molecule has 0 amide bonds.